The fraction of sp³-hybridized carbons (Fsp3) is 0.550. The number of nitrogens with one attached hydrogen (secondary N) is 4. The molecule has 0 radical (unpaired) electrons. The predicted molar refractivity (Wildman–Crippen MR) is 222 cm³/mol. The average Bonchev–Trinajstić information content (AvgIpc) is 3.80. The van der Waals surface area contributed by atoms with Crippen molar-refractivity contribution in [3.8, 4) is 10.4 Å². The van der Waals surface area contributed by atoms with E-state index in [1.807, 2.05) is 37.7 Å². The molecular formula is C40H58ClN9O5S. The number of thiazole rings is 1. The van der Waals surface area contributed by atoms with Crippen molar-refractivity contribution in [3.05, 3.63) is 64.9 Å². The Balaban J connectivity index is 0.00000696. The molecule has 1 aromatic carbocycles. The van der Waals surface area contributed by atoms with E-state index in [0.717, 1.165) is 66.8 Å². The lowest BCUT2D eigenvalue weighted by Gasteiger charge is -2.36. The number of hydrogen-bond donors (Lipinski definition) is 5. The molecule has 0 aliphatic carbocycles. The van der Waals surface area contributed by atoms with E-state index in [1.54, 1.807) is 44.4 Å². The van der Waals surface area contributed by atoms with Crippen LogP contribution in [-0.4, -0.2) is 133 Å². The van der Waals surface area contributed by atoms with Gasteiger partial charge in [0.1, 0.15) is 11.9 Å². The maximum Gasteiger partial charge on any atom is 0.252 e. The number of carbonyl (C=O) groups excluding carboxylic acids is 4. The molecule has 306 valence electrons. The fourth-order valence-electron chi connectivity index (χ4n) is 6.92. The molecule has 0 saturated carbocycles. The molecule has 56 heavy (non-hydrogen) atoms. The first-order valence-corrected chi connectivity index (χ1v) is 20.2. The number of likely N-dealkylation sites (N-methyl/N-ethyl adjacent to an activating group) is 1. The molecule has 2 fully saturated rings. The highest BCUT2D eigenvalue weighted by molar-refractivity contribution is 7.13. The van der Waals surface area contributed by atoms with Gasteiger partial charge in [-0.1, -0.05) is 24.3 Å². The summed E-state index contributed by atoms with van der Waals surface area (Å²) in [6, 6.07) is 10.5. The minimum atomic E-state index is -1.05. The van der Waals surface area contributed by atoms with Gasteiger partial charge in [-0.05, 0) is 70.8 Å². The van der Waals surface area contributed by atoms with Gasteiger partial charge in [-0.2, -0.15) is 0 Å². The van der Waals surface area contributed by atoms with Gasteiger partial charge in [0.15, 0.2) is 0 Å². The van der Waals surface area contributed by atoms with Crippen molar-refractivity contribution >= 4 is 53.2 Å². The maximum absolute atomic E-state index is 13.8. The number of nitrogens with zero attached hydrogens (tertiary/aromatic N) is 5. The number of rotatable bonds is 17. The van der Waals surface area contributed by atoms with Crippen molar-refractivity contribution in [1.82, 2.24) is 41.0 Å². The van der Waals surface area contributed by atoms with Gasteiger partial charge < -0.3 is 36.2 Å². The Kier molecular flexibility index (Phi) is 16.6. The van der Waals surface area contributed by atoms with Crippen LogP contribution in [0, 0.1) is 12.3 Å². The van der Waals surface area contributed by atoms with E-state index < -0.39 is 23.6 Å². The summed E-state index contributed by atoms with van der Waals surface area (Å²) in [7, 11) is 1.96. The average molecular weight is 812 g/mol. The number of hydrogen-bond acceptors (Lipinski definition) is 11. The van der Waals surface area contributed by atoms with E-state index >= 15 is 0 Å². The Bertz CT molecular complexity index is 1750. The zero-order valence-corrected chi connectivity index (χ0v) is 34.8. The van der Waals surface area contributed by atoms with Gasteiger partial charge in [0.25, 0.3) is 5.91 Å². The van der Waals surface area contributed by atoms with Crippen LogP contribution in [0.3, 0.4) is 0 Å². The van der Waals surface area contributed by atoms with Gasteiger partial charge in [0.2, 0.25) is 17.7 Å². The second-order valence-corrected chi connectivity index (χ2v) is 15.9. The third-order valence-corrected chi connectivity index (χ3v) is 11.8. The highest BCUT2D eigenvalue weighted by atomic mass is 35.5. The Morgan fingerprint density at radius 1 is 0.982 bits per heavy atom. The number of anilines is 1. The summed E-state index contributed by atoms with van der Waals surface area (Å²) in [5.74, 6) is -0.264. The highest BCUT2D eigenvalue weighted by Crippen LogP contribution is 2.30. The number of aliphatic hydroxyl groups is 1. The smallest absolute Gasteiger partial charge is 0.252 e. The van der Waals surface area contributed by atoms with Gasteiger partial charge in [0.05, 0.1) is 33.2 Å². The lowest BCUT2D eigenvalue weighted by molar-refractivity contribution is -0.147. The summed E-state index contributed by atoms with van der Waals surface area (Å²) < 4.78 is 0. The number of benzene rings is 1. The Labute approximate surface area is 340 Å². The lowest BCUT2D eigenvalue weighted by Crippen LogP contribution is -2.55. The first-order chi connectivity index (χ1) is 26.4. The van der Waals surface area contributed by atoms with Gasteiger partial charge in [-0.3, -0.25) is 24.1 Å². The summed E-state index contributed by atoms with van der Waals surface area (Å²) in [6.07, 6.45) is 2.12. The summed E-state index contributed by atoms with van der Waals surface area (Å²) in [4.78, 5) is 68.8. The largest absolute Gasteiger partial charge is 0.391 e. The van der Waals surface area contributed by atoms with E-state index in [2.05, 4.69) is 53.2 Å². The number of amides is 4. The van der Waals surface area contributed by atoms with Gasteiger partial charge in [-0.15, -0.1) is 23.7 Å². The summed E-state index contributed by atoms with van der Waals surface area (Å²) >= 11 is 1.60. The number of β-amino-alcohol motifs (C(OH)–C–C–N with tert-alkyl or cyclic N) is 1. The molecule has 4 heterocycles. The molecular weight excluding hydrogens is 754 g/mol. The third kappa shape index (κ3) is 11.7. The second kappa shape index (κ2) is 20.8. The van der Waals surface area contributed by atoms with Gasteiger partial charge >= 0.3 is 0 Å². The number of likely N-dealkylation sites (tertiary alicyclic amines) is 1. The van der Waals surface area contributed by atoms with Crippen LogP contribution in [0.15, 0.2) is 48.1 Å². The fourth-order valence-corrected chi connectivity index (χ4v) is 7.73. The summed E-state index contributed by atoms with van der Waals surface area (Å²) in [5, 5.41) is 22.4. The van der Waals surface area contributed by atoms with Crippen LogP contribution in [0.2, 0.25) is 0 Å². The summed E-state index contributed by atoms with van der Waals surface area (Å²) in [6.45, 7) is 13.7. The van der Waals surface area contributed by atoms with Crippen LogP contribution in [0.4, 0.5) is 5.82 Å². The van der Waals surface area contributed by atoms with E-state index in [9.17, 15) is 24.3 Å². The molecule has 3 aromatic rings. The molecule has 2 aliphatic heterocycles. The van der Waals surface area contributed by atoms with Crippen LogP contribution in [0.5, 0.6) is 0 Å². The minimum Gasteiger partial charge on any atom is -0.391 e. The molecule has 0 spiro atoms. The highest BCUT2D eigenvalue weighted by Gasteiger charge is 2.46. The van der Waals surface area contributed by atoms with E-state index in [1.165, 1.54) is 4.90 Å². The van der Waals surface area contributed by atoms with Crippen LogP contribution in [0.1, 0.15) is 61.6 Å². The van der Waals surface area contributed by atoms with Crippen molar-refractivity contribution in [2.75, 3.05) is 70.9 Å². The lowest BCUT2D eigenvalue weighted by atomic mass is 9.83. The molecule has 2 aliphatic rings. The zero-order chi connectivity index (χ0) is 39.5. The van der Waals surface area contributed by atoms with Gasteiger partial charge in [-0.25, -0.2) is 9.97 Å². The van der Waals surface area contributed by atoms with Crippen molar-refractivity contribution in [2.45, 2.75) is 71.6 Å². The second-order valence-electron chi connectivity index (χ2n) is 15.1. The Morgan fingerprint density at radius 3 is 2.36 bits per heavy atom. The number of aromatic nitrogens is 2. The van der Waals surface area contributed by atoms with E-state index in [4.69, 9.17) is 0 Å². The molecule has 0 unspecified atom stereocenters. The number of aryl methyl sites for hydroxylation is 1. The van der Waals surface area contributed by atoms with Crippen LogP contribution in [-0.2, 0) is 20.8 Å². The van der Waals surface area contributed by atoms with E-state index in [0.29, 0.717) is 31.5 Å². The van der Waals surface area contributed by atoms with Crippen molar-refractivity contribution in [2.24, 2.45) is 5.41 Å². The minimum absolute atomic E-state index is 0. The van der Waals surface area contributed by atoms with Crippen LogP contribution in [0.25, 0.3) is 10.4 Å². The molecule has 3 atom stereocenters. The van der Waals surface area contributed by atoms with E-state index in [-0.39, 0.29) is 55.4 Å². The monoisotopic (exact) mass is 811 g/mol. The zero-order valence-electron chi connectivity index (χ0n) is 33.2. The Morgan fingerprint density at radius 2 is 1.71 bits per heavy atom. The van der Waals surface area contributed by atoms with Crippen molar-refractivity contribution < 1.29 is 24.3 Å². The maximum atomic E-state index is 13.8. The molecule has 4 amide bonds. The van der Waals surface area contributed by atoms with Gasteiger partial charge in [0, 0.05) is 84.0 Å². The topological polar surface area (TPSA) is 172 Å². The standard InChI is InChI=1S/C40H57N9O5S.ClH/c1-27-36(55-26-45-27)30-10-8-29(9-11-30)14-16-43-38(53)33-23-32(50)25-49(33)39(54)40(3,4)28(2)46-35(51)7-6-15-42-37(52)31-12-13-34(44-24-31)48-21-19-47(20-22-48)18-17-41-5;/h8-13,24,26,28,32-33,41,50H,6-7,14-23,25H2,1-5H3,(H,42,52)(H,43,53)(H,46,51);1H/t28-,32+,33-;/m0./s1. The SMILES string of the molecule is CNCCN1CCN(c2ccc(C(=O)NCCCC(=O)N[C@@H](C)C(C)(C)C(=O)N3C[C@H](O)C[C@H]3C(=O)NCCc3ccc(-c4scnc4C)cc3)cn2)CC1.Cl. The molecule has 5 rings (SSSR count). The number of aliphatic hydroxyl groups excluding tert-OH is 1. The molecule has 2 aromatic heterocycles. The number of piperazine rings is 1. The first-order valence-electron chi connectivity index (χ1n) is 19.3. The first kappa shape index (κ1) is 44.6. The summed E-state index contributed by atoms with van der Waals surface area (Å²) in [5.41, 5.74) is 4.42. The molecule has 2 saturated heterocycles. The predicted octanol–water partition coefficient (Wildman–Crippen LogP) is 2.64. The number of carbonyl (C=O) groups is 4. The number of pyridine rings is 1. The molecule has 5 N–H and O–H groups in total. The van der Waals surface area contributed by atoms with Crippen molar-refractivity contribution in [1.29, 1.82) is 0 Å². The third-order valence-electron chi connectivity index (χ3n) is 10.8. The number of halogens is 1. The molecule has 14 nitrogen and oxygen atoms in total. The molecule has 0 bridgehead atoms. The van der Waals surface area contributed by atoms with Crippen molar-refractivity contribution in [3.63, 3.8) is 0 Å². The van der Waals surface area contributed by atoms with Crippen LogP contribution < -0.4 is 26.2 Å². The Hall–Kier alpha value is -4.15. The molecule has 16 heteroatoms. The normalized spacial score (nSPS) is 17.9. The quantitative estimate of drug-likeness (QED) is 0.128. The van der Waals surface area contributed by atoms with Crippen LogP contribution >= 0.6 is 23.7 Å².